The SMILES string of the molecule is CCOc1ccc(S(=O)[O-])cc1. The molecule has 0 amide bonds. The standard InChI is InChI=1S/C8H10O3S/c1-2-11-7-3-5-8(6-4-7)12(9)10/h3-6H,2H2,1H3,(H,9,10)/p-1. The Hall–Kier alpha value is -0.870. The summed E-state index contributed by atoms with van der Waals surface area (Å²) in [5.41, 5.74) is 0. The molecule has 0 radical (unpaired) electrons. The van der Waals surface area contributed by atoms with Crippen molar-refractivity contribution in [2.24, 2.45) is 0 Å². The van der Waals surface area contributed by atoms with E-state index in [1.54, 1.807) is 12.1 Å². The highest BCUT2D eigenvalue weighted by atomic mass is 32.2. The largest absolute Gasteiger partial charge is 0.768 e. The summed E-state index contributed by atoms with van der Waals surface area (Å²) in [7, 11) is 0. The number of rotatable bonds is 3. The van der Waals surface area contributed by atoms with Crippen LogP contribution in [0.15, 0.2) is 29.2 Å². The molecule has 3 nitrogen and oxygen atoms in total. The zero-order chi connectivity index (χ0) is 8.97. The van der Waals surface area contributed by atoms with E-state index < -0.39 is 11.1 Å². The fourth-order valence-electron chi connectivity index (χ4n) is 0.814. The van der Waals surface area contributed by atoms with Crippen LogP contribution in [0.4, 0.5) is 0 Å². The molecule has 0 aliphatic carbocycles. The normalized spacial score (nSPS) is 12.5. The molecule has 0 fully saturated rings. The fraction of sp³-hybridized carbons (Fsp3) is 0.250. The van der Waals surface area contributed by atoms with Crippen molar-refractivity contribution >= 4 is 11.1 Å². The minimum Gasteiger partial charge on any atom is -0.768 e. The molecule has 1 aromatic rings. The topological polar surface area (TPSA) is 49.4 Å². The molecular formula is C8H9O3S-. The van der Waals surface area contributed by atoms with Crippen molar-refractivity contribution in [1.82, 2.24) is 0 Å². The Bertz CT molecular complexity index is 268. The van der Waals surface area contributed by atoms with Gasteiger partial charge in [0.15, 0.2) is 0 Å². The van der Waals surface area contributed by atoms with E-state index in [1.165, 1.54) is 12.1 Å². The van der Waals surface area contributed by atoms with E-state index in [-0.39, 0.29) is 4.90 Å². The van der Waals surface area contributed by atoms with E-state index in [2.05, 4.69) is 0 Å². The first-order chi connectivity index (χ1) is 5.74. The molecule has 12 heavy (non-hydrogen) atoms. The Labute approximate surface area is 73.7 Å². The van der Waals surface area contributed by atoms with Gasteiger partial charge < -0.3 is 9.29 Å². The Morgan fingerprint density at radius 2 is 2.00 bits per heavy atom. The van der Waals surface area contributed by atoms with Crippen LogP contribution in [-0.4, -0.2) is 15.4 Å². The Balaban J connectivity index is 2.78. The number of hydrogen-bond acceptors (Lipinski definition) is 3. The van der Waals surface area contributed by atoms with Gasteiger partial charge in [-0.2, -0.15) is 0 Å². The average Bonchev–Trinajstić information content (AvgIpc) is 2.06. The highest BCUT2D eigenvalue weighted by Crippen LogP contribution is 2.13. The van der Waals surface area contributed by atoms with E-state index in [0.29, 0.717) is 12.4 Å². The Morgan fingerprint density at radius 1 is 1.42 bits per heavy atom. The van der Waals surface area contributed by atoms with Crippen LogP contribution in [0.5, 0.6) is 5.75 Å². The van der Waals surface area contributed by atoms with Gasteiger partial charge >= 0.3 is 0 Å². The van der Waals surface area contributed by atoms with Gasteiger partial charge in [-0.15, -0.1) is 0 Å². The van der Waals surface area contributed by atoms with Gasteiger partial charge in [0, 0.05) is 4.90 Å². The van der Waals surface area contributed by atoms with Crippen molar-refractivity contribution in [3.05, 3.63) is 24.3 Å². The van der Waals surface area contributed by atoms with Gasteiger partial charge in [-0.05, 0) is 42.3 Å². The van der Waals surface area contributed by atoms with Crippen LogP contribution < -0.4 is 4.74 Å². The van der Waals surface area contributed by atoms with E-state index >= 15 is 0 Å². The molecule has 0 bridgehead atoms. The number of ether oxygens (including phenoxy) is 1. The summed E-state index contributed by atoms with van der Waals surface area (Å²) >= 11 is -2.15. The zero-order valence-electron chi connectivity index (χ0n) is 6.65. The summed E-state index contributed by atoms with van der Waals surface area (Å²) in [5, 5.41) is 0. The van der Waals surface area contributed by atoms with Crippen LogP contribution in [-0.2, 0) is 11.1 Å². The van der Waals surface area contributed by atoms with Gasteiger partial charge in [-0.3, -0.25) is 4.21 Å². The summed E-state index contributed by atoms with van der Waals surface area (Å²) in [6, 6.07) is 6.28. The summed E-state index contributed by atoms with van der Waals surface area (Å²) < 4.78 is 26.0. The molecule has 4 heteroatoms. The first-order valence-electron chi connectivity index (χ1n) is 3.56. The third-order valence-electron chi connectivity index (χ3n) is 1.33. The second-order valence-corrected chi connectivity index (χ2v) is 3.08. The number of benzene rings is 1. The molecule has 0 saturated carbocycles. The van der Waals surface area contributed by atoms with Gasteiger partial charge in [0.2, 0.25) is 0 Å². The molecule has 1 aromatic carbocycles. The molecule has 0 aliphatic rings. The van der Waals surface area contributed by atoms with E-state index in [9.17, 15) is 8.76 Å². The minimum atomic E-state index is -2.15. The van der Waals surface area contributed by atoms with Gasteiger partial charge in [0.25, 0.3) is 0 Å². The monoisotopic (exact) mass is 185 g/mol. The molecule has 0 N–H and O–H groups in total. The third-order valence-corrected chi connectivity index (χ3v) is 1.98. The second-order valence-electron chi connectivity index (χ2n) is 2.14. The van der Waals surface area contributed by atoms with Crippen molar-refractivity contribution in [1.29, 1.82) is 0 Å². The first-order valence-corrected chi connectivity index (χ1v) is 4.63. The lowest BCUT2D eigenvalue weighted by molar-refractivity contribution is 0.340. The van der Waals surface area contributed by atoms with Crippen LogP contribution in [0.2, 0.25) is 0 Å². The van der Waals surface area contributed by atoms with Gasteiger partial charge in [0.05, 0.1) is 6.61 Å². The van der Waals surface area contributed by atoms with E-state index in [0.717, 1.165) is 0 Å². The van der Waals surface area contributed by atoms with Crippen molar-refractivity contribution in [3.63, 3.8) is 0 Å². The lowest BCUT2D eigenvalue weighted by Gasteiger charge is -2.06. The maximum absolute atomic E-state index is 10.4. The van der Waals surface area contributed by atoms with Crippen LogP contribution in [0, 0.1) is 0 Å². The van der Waals surface area contributed by atoms with E-state index in [1.807, 2.05) is 6.92 Å². The first kappa shape index (κ1) is 9.22. The number of hydrogen-bond donors (Lipinski definition) is 0. The molecule has 1 atom stereocenters. The maximum atomic E-state index is 10.4. The summed E-state index contributed by atoms with van der Waals surface area (Å²) in [6.07, 6.45) is 0. The van der Waals surface area contributed by atoms with Crippen LogP contribution in [0.3, 0.4) is 0 Å². The highest BCUT2D eigenvalue weighted by molar-refractivity contribution is 7.79. The predicted molar refractivity (Wildman–Crippen MR) is 44.8 cm³/mol. The third kappa shape index (κ3) is 2.32. The molecule has 0 saturated heterocycles. The quantitative estimate of drug-likeness (QED) is 0.667. The summed E-state index contributed by atoms with van der Waals surface area (Å²) in [4.78, 5) is 0.276. The van der Waals surface area contributed by atoms with Crippen molar-refractivity contribution in [2.75, 3.05) is 6.61 Å². The minimum absolute atomic E-state index is 0.276. The molecule has 1 unspecified atom stereocenters. The molecule has 0 aliphatic heterocycles. The average molecular weight is 185 g/mol. The maximum Gasteiger partial charge on any atom is 0.119 e. The predicted octanol–water partition coefficient (Wildman–Crippen LogP) is 1.32. The Morgan fingerprint density at radius 3 is 2.42 bits per heavy atom. The molecule has 66 valence electrons. The fourth-order valence-corrected chi connectivity index (χ4v) is 1.17. The second kappa shape index (κ2) is 4.23. The van der Waals surface area contributed by atoms with E-state index in [4.69, 9.17) is 4.74 Å². The van der Waals surface area contributed by atoms with Gasteiger partial charge in [-0.1, -0.05) is 0 Å². The molecule has 0 spiro atoms. The molecular weight excluding hydrogens is 176 g/mol. The van der Waals surface area contributed by atoms with Gasteiger partial charge in [-0.25, -0.2) is 0 Å². The van der Waals surface area contributed by atoms with Crippen LogP contribution >= 0.6 is 0 Å². The van der Waals surface area contributed by atoms with Crippen molar-refractivity contribution in [2.45, 2.75) is 11.8 Å². The summed E-state index contributed by atoms with van der Waals surface area (Å²) in [6.45, 7) is 2.46. The van der Waals surface area contributed by atoms with Gasteiger partial charge in [0.1, 0.15) is 5.75 Å². The van der Waals surface area contributed by atoms with Crippen LogP contribution in [0.1, 0.15) is 6.92 Å². The summed E-state index contributed by atoms with van der Waals surface area (Å²) in [5.74, 6) is 0.687. The van der Waals surface area contributed by atoms with Crippen molar-refractivity contribution < 1.29 is 13.5 Å². The molecule has 0 aromatic heterocycles. The molecule has 0 heterocycles. The highest BCUT2D eigenvalue weighted by Gasteiger charge is 1.93. The molecule has 1 rings (SSSR count). The van der Waals surface area contributed by atoms with Crippen molar-refractivity contribution in [3.8, 4) is 5.75 Å². The lowest BCUT2D eigenvalue weighted by atomic mass is 10.3. The Kier molecular flexibility index (Phi) is 3.25. The smallest absolute Gasteiger partial charge is 0.119 e. The lowest BCUT2D eigenvalue weighted by Crippen LogP contribution is -1.92. The zero-order valence-corrected chi connectivity index (χ0v) is 7.47. The van der Waals surface area contributed by atoms with Crippen LogP contribution in [0.25, 0.3) is 0 Å².